The fraction of sp³-hybridized carbons (Fsp3) is 0.400. The molecular formula is C15H21NO. The highest BCUT2D eigenvalue weighted by Gasteiger charge is 2.05. The van der Waals surface area contributed by atoms with Crippen LogP contribution < -0.4 is 5.32 Å². The number of carbonyl (C=O) groups excluding carboxylic acids is 1. The molecule has 1 amide bonds. The molecule has 0 saturated heterocycles. The summed E-state index contributed by atoms with van der Waals surface area (Å²) >= 11 is 0. The van der Waals surface area contributed by atoms with Gasteiger partial charge in [0.15, 0.2) is 0 Å². The van der Waals surface area contributed by atoms with Crippen LogP contribution in [0.5, 0.6) is 0 Å². The molecule has 2 nitrogen and oxygen atoms in total. The van der Waals surface area contributed by atoms with Crippen LogP contribution in [0.4, 0.5) is 0 Å². The lowest BCUT2D eigenvalue weighted by Gasteiger charge is -2.12. The van der Waals surface area contributed by atoms with Gasteiger partial charge in [0, 0.05) is 6.92 Å². The average Bonchev–Trinajstić information content (AvgIpc) is 2.29. The van der Waals surface area contributed by atoms with Gasteiger partial charge in [-0.25, -0.2) is 0 Å². The second kappa shape index (κ2) is 6.89. The van der Waals surface area contributed by atoms with Crippen molar-refractivity contribution in [3.63, 3.8) is 0 Å². The molecule has 1 rings (SSSR count). The summed E-state index contributed by atoms with van der Waals surface area (Å²) in [5, 5.41) is 2.87. The second-order valence-electron chi connectivity index (χ2n) is 4.28. The normalized spacial score (nSPS) is 12.6. The molecule has 0 aliphatic carbocycles. The van der Waals surface area contributed by atoms with Gasteiger partial charge >= 0.3 is 0 Å². The number of rotatable bonds is 5. The van der Waals surface area contributed by atoms with Gasteiger partial charge in [0.2, 0.25) is 5.91 Å². The molecular weight excluding hydrogens is 210 g/mol. The predicted molar refractivity (Wildman–Crippen MR) is 72.6 cm³/mol. The maximum absolute atomic E-state index is 10.9. The fourth-order valence-corrected chi connectivity index (χ4v) is 1.67. The molecule has 92 valence electrons. The first-order valence-electron chi connectivity index (χ1n) is 6.17. The van der Waals surface area contributed by atoms with Crippen LogP contribution in [0.1, 0.15) is 50.8 Å². The first kappa shape index (κ1) is 13.5. The summed E-state index contributed by atoms with van der Waals surface area (Å²) in [5.74, 6) is 0.00409. The van der Waals surface area contributed by atoms with Crippen molar-refractivity contribution in [2.75, 3.05) is 0 Å². The van der Waals surface area contributed by atoms with Crippen molar-refractivity contribution in [1.29, 1.82) is 0 Å². The Balaban J connectivity index is 2.64. The highest BCUT2D eigenvalue weighted by Crippen LogP contribution is 2.14. The molecule has 1 aromatic carbocycles. The van der Waals surface area contributed by atoms with Gasteiger partial charge in [0.25, 0.3) is 0 Å². The van der Waals surface area contributed by atoms with Crippen molar-refractivity contribution in [2.24, 2.45) is 0 Å². The standard InChI is InChI=1S/C15H21NO/c1-4-5-6-7-14-8-10-15(11-9-14)12(2)16-13(3)17/h6-12H,4-5H2,1-3H3,(H,16,17). The van der Waals surface area contributed by atoms with Gasteiger partial charge in [-0.05, 0) is 24.5 Å². The van der Waals surface area contributed by atoms with E-state index in [4.69, 9.17) is 0 Å². The summed E-state index contributed by atoms with van der Waals surface area (Å²) in [7, 11) is 0. The van der Waals surface area contributed by atoms with Gasteiger partial charge in [-0.1, -0.05) is 49.8 Å². The van der Waals surface area contributed by atoms with Crippen LogP contribution in [-0.2, 0) is 4.79 Å². The zero-order chi connectivity index (χ0) is 12.7. The number of allylic oxidation sites excluding steroid dienone is 1. The SMILES string of the molecule is CCCC=Cc1ccc(C(C)NC(C)=O)cc1. The van der Waals surface area contributed by atoms with Crippen LogP contribution in [0, 0.1) is 0 Å². The van der Waals surface area contributed by atoms with Crippen molar-refractivity contribution in [3.05, 3.63) is 41.5 Å². The summed E-state index contributed by atoms with van der Waals surface area (Å²) in [6.45, 7) is 5.70. The van der Waals surface area contributed by atoms with Crippen LogP contribution in [0.25, 0.3) is 6.08 Å². The number of hydrogen-bond donors (Lipinski definition) is 1. The summed E-state index contributed by atoms with van der Waals surface area (Å²) in [6.07, 6.45) is 6.61. The lowest BCUT2D eigenvalue weighted by Crippen LogP contribution is -2.23. The minimum absolute atomic E-state index is 0.00409. The van der Waals surface area contributed by atoms with Gasteiger partial charge in [-0.2, -0.15) is 0 Å². The molecule has 2 heteroatoms. The molecule has 0 spiro atoms. The monoisotopic (exact) mass is 231 g/mol. The molecule has 0 heterocycles. The first-order chi connectivity index (χ1) is 8.13. The lowest BCUT2D eigenvalue weighted by molar-refractivity contribution is -0.119. The van der Waals surface area contributed by atoms with Gasteiger partial charge in [0.05, 0.1) is 6.04 Å². The Hall–Kier alpha value is -1.57. The molecule has 0 saturated carbocycles. The minimum atomic E-state index is 0.00409. The van der Waals surface area contributed by atoms with E-state index in [-0.39, 0.29) is 11.9 Å². The Labute approximate surface area is 104 Å². The summed E-state index contributed by atoms with van der Waals surface area (Å²) < 4.78 is 0. The van der Waals surface area contributed by atoms with Crippen LogP contribution in [0.15, 0.2) is 30.3 Å². The zero-order valence-corrected chi connectivity index (χ0v) is 10.9. The third kappa shape index (κ3) is 4.85. The van der Waals surface area contributed by atoms with E-state index >= 15 is 0 Å². The van der Waals surface area contributed by atoms with E-state index in [1.165, 1.54) is 12.0 Å². The van der Waals surface area contributed by atoms with E-state index in [2.05, 4.69) is 48.7 Å². The highest BCUT2D eigenvalue weighted by atomic mass is 16.1. The Morgan fingerprint density at radius 2 is 2.00 bits per heavy atom. The van der Waals surface area contributed by atoms with Gasteiger partial charge < -0.3 is 5.32 Å². The Morgan fingerprint density at radius 1 is 1.35 bits per heavy atom. The molecule has 1 N–H and O–H groups in total. The van der Waals surface area contributed by atoms with Gasteiger partial charge in [-0.3, -0.25) is 4.79 Å². The highest BCUT2D eigenvalue weighted by molar-refractivity contribution is 5.73. The molecule has 0 bridgehead atoms. The first-order valence-corrected chi connectivity index (χ1v) is 6.17. The number of amides is 1. The van der Waals surface area contributed by atoms with Gasteiger partial charge in [0.1, 0.15) is 0 Å². The van der Waals surface area contributed by atoms with Crippen molar-refractivity contribution in [1.82, 2.24) is 5.32 Å². The predicted octanol–water partition coefficient (Wildman–Crippen LogP) is 3.70. The minimum Gasteiger partial charge on any atom is -0.350 e. The maximum atomic E-state index is 10.9. The topological polar surface area (TPSA) is 29.1 Å². The van der Waals surface area contributed by atoms with E-state index in [9.17, 15) is 4.79 Å². The molecule has 1 aromatic rings. The van der Waals surface area contributed by atoms with Crippen molar-refractivity contribution in [3.8, 4) is 0 Å². The second-order valence-corrected chi connectivity index (χ2v) is 4.28. The number of unbranched alkanes of at least 4 members (excludes halogenated alkanes) is 1. The smallest absolute Gasteiger partial charge is 0.217 e. The number of hydrogen-bond acceptors (Lipinski definition) is 1. The number of carbonyl (C=O) groups is 1. The van der Waals surface area contributed by atoms with Gasteiger partial charge in [-0.15, -0.1) is 0 Å². The molecule has 17 heavy (non-hydrogen) atoms. The lowest BCUT2D eigenvalue weighted by atomic mass is 10.1. The number of nitrogens with one attached hydrogen (secondary N) is 1. The average molecular weight is 231 g/mol. The largest absolute Gasteiger partial charge is 0.350 e. The summed E-state index contributed by atoms with van der Waals surface area (Å²) in [5.41, 5.74) is 2.34. The van der Waals surface area contributed by atoms with Crippen LogP contribution >= 0.6 is 0 Å². The fourth-order valence-electron chi connectivity index (χ4n) is 1.67. The Bertz CT molecular complexity index is 378. The van der Waals surface area contributed by atoms with E-state index < -0.39 is 0 Å². The van der Waals surface area contributed by atoms with Crippen molar-refractivity contribution < 1.29 is 4.79 Å². The van der Waals surface area contributed by atoms with Crippen molar-refractivity contribution in [2.45, 2.75) is 39.7 Å². The molecule has 0 fully saturated rings. The molecule has 1 atom stereocenters. The quantitative estimate of drug-likeness (QED) is 0.822. The zero-order valence-electron chi connectivity index (χ0n) is 10.9. The summed E-state index contributed by atoms with van der Waals surface area (Å²) in [4.78, 5) is 10.9. The third-order valence-corrected chi connectivity index (χ3v) is 2.62. The van der Waals surface area contributed by atoms with E-state index in [0.29, 0.717) is 0 Å². The molecule has 0 aliphatic heterocycles. The molecule has 0 radical (unpaired) electrons. The molecule has 0 aromatic heterocycles. The van der Waals surface area contributed by atoms with Crippen molar-refractivity contribution >= 4 is 12.0 Å². The number of benzene rings is 1. The summed E-state index contributed by atoms with van der Waals surface area (Å²) in [6, 6.07) is 8.36. The van der Waals surface area contributed by atoms with E-state index in [0.717, 1.165) is 12.0 Å². The van der Waals surface area contributed by atoms with E-state index in [1.807, 2.05) is 6.92 Å². The van der Waals surface area contributed by atoms with Crippen LogP contribution in [-0.4, -0.2) is 5.91 Å². The van der Waals surface area contributed by atoms with Crippen LogP contribution in [0.3, 0.4) is 0 Å². The third-order valence-electron chi connectivity index (χ3n) is 2.62. The maximum Gasteiger partial charge on any atom is 0.217 e. The molecule has 1 unspecified atom stereocenters. The molecule has 0 aliphatic rings. The van der Waals surface area contributed by atoms with Crippen LogP contribution in [0.2, 0.25) is 0 Å². The Morgan fingerprint density at radius 3 is 2.53 bits per heavy atom. The Kier molecular flexibility index (Phi) is 5.47. The van der Waals surface area contributed by atoms with E-state index in [1.54, 1.807) is 6.92 Å².